The zero-order chi connectivity index (χ0) is 18.9. The molecule has 0 unspecified atom stereocenters. The Kier molecular flexibility index (Phi) is 4.91. The Morgan fingerprint density at radius 1 is 1.00 bits per heavy atom. The van der Waals surface area contributed by atoms with Crippen LogP contribution >= 0.6 is 0 Å². The molecule has 1 N–H and O–H groups in total. The molecule has 2 aliphatic rings. The monoisotopic (exact) mass is 384 g/mol. The van der Waals surface area contributed by atoms with Crippen molar-refractivity contribution in [2.75, 3.05) is 10.8 Å². The number of carbonyl (C=O) groups is 1. The summed E-state index contributed by atoms with van der Waals surface area (Å²) in [5.41, 5.74) is 2.18. The largest absolute Gasteiger partial charge is 0.349 e. The number of fused-ring (bicyclic) bond motifs is 1. The van der Waals surface area contributed by atoms with Crippen molar-refractivity contribution in [3.05, 3.63) is 59.7 Å². The highest BCUT2D eigenvalue weighted by Gasteiger charge is 2.29. The van der Waals surface area contributed by atoms with E-state index in [1.807, 2.05) is 24.3 Å². The lowest BCUT2D eigenvalue weighted by atomic mass is 10.0. The Balaban J connectivity index is 1.62. The number of carbonyl (C=O) groups excluding carboxylic acids is 1. The summed E-state index contributed by atoms with van der Waals surface area (Å²) in [5, 5.41) is 3.02. The molecule has 5 nitrogen and oxygen atoms in total. The van der Waals surface area contributed by atoms with Crippen molar-refractivity contribution in [3.63, 3.8) is 0 Å². The fourth-order valence-electron chi connectivity index (χ4n) is 4.01. The van der Waals surface area contributed by atoms with Crippen molar-refractivity contribution in [2.45, 2.75) is 49.5 Å². The number of hydrogen-bond acceptors (Lipinski definition) is 3. The molecule has 2 aromatic rings. The number of nitrogens with zero attached hydrogens (tertiary/aromatic N) is 1. The van der Waals surface area contributed by atoms with Gasteiger partial charge in [-0.2, -0.15) is 0 Å². The van der Waals surface area contributed by atoms with E-state index < -0.39 is 10.0 Å². The summed E-state index contributed by atoms with van der Waals surface area (Å²) in [5.74, 6) is -0.196. The molecule has 1 fully saturated rings. The summed E-state index contributed by atoms with van der Waals surface area (Å²) in [6.45, 7) is 0.456. The third kappa shape index (κ3) is 3.58. The van der Waals surface area contributed by atoms with Gasteiger partial charge < -0.3 is 5.32 Å². The zero-order valence-corrected chi connectivity index (χ0v) is 16.0. The Labute approximate surface area is 160 Å². The van der Waals surface area contributed by atoms with Gasteiger partial charge in [0.1, 0.15) is 0 Å². The van der Waals surface area contributed by atoms with Gasteiger partial charge in [0.2, 0.25) is 0 Å². The van der Waals surface area contributed by atoms with Gasteiger partial charge in [-0.05, 0) is 55.5 Å². The van der Waals surface area contributed by atoms with Crippen LogP contribution in [0, 0.1) is 0 Å². The molecule has 6 heteroatoms. The first-order chi connectivity index (χ1) is 13.1. The summed E-state index contributed by atoms with van der Waals surface area (Å²) in [6.07, 6.45) is 5.92. The van der Waals surface area contributed by atoms with E-state index in [0.717, 1.165) is 49.8 Å². The molecule has 1 aliphatic carbocycles. The smallest absolute Gasteiger partial charge is 0.264 e. The van der Waals surface area contributed by atoms with E-state index >= 15 is 0 Å². The van der Waals surface area contributed by atoms with Crippen molar-refractivity contribution >= 4 is 21.6 Å². The third-order valence-corrected chi connectivity index (χ3v) is 7.25. The molecule has 1 heterocycles. The van der Waals surface area contributed by atoms with Crippen LogP contribution < -0.4 is 9.62 Å². The van der Waals surface area contributed by atoms with Crippen LogP contribution in [0.4, 0.5) is 5.69 Å². The minimum Gasteiger partial charge on any atom is -0.349 e. The van der Waals surface area contributed by atoms with E-state index in [4.69, 9.17) is 0 Å². The number of benzene rings is 2. The highest BCUT2D eigenvalue weighted by molar-refractivity contribution is 7.92. The molecule has 1 aliphatic heterocycles. The normalized spacial score (nSPS) is 17.6. The number of aryl methyl sites for hydroxylation is 1. The molecule has 1 amide bonds. The van der Waals surface area contributed by atoms with Crippen LogP contribution in [0.2, 0.25) is 0 Å². The Morgan fingerprint density at radius 3 is 2.59 bits per heavy atom. The highest BCUT2D eigenvalue weighted by atomic mass is 32.2. The molecule has 0 radical (unpaired) electrons. The van der Waals surface area contributed by atoms with Gasteiger partial charge in [0.05, 0.1) is 10.6 Å². The van der Waals surface area contributed by atoms with E-state index in [2.05, 4.69) is 5.32 Å². The van der Waals surface area contributed by atoms with E-state index in [9.17, 15) is 13.2 Å². The van der Waals surface area contributed by atoms with Crippen LogP contribution in [0.25, 0.3) is 0 Å². The fraction of sp³-hybridized carbons (Fsp3) is 0.381. The summed E-state index contributed by atoms with van der Waals surface area (Å²) < 4.78 is 28.0. The van der Waals surface area contributed by atoms with Crippen molar-refractivity contribution in [3.8, 4) is 0 Å². The molecule has 142 valence electrons. The highest BCUT2D eigenvalue weighted by Crippen LogP contribution is 2.32. The van der Waals surface area contributed by atoms with Crippen molar-refractivity contribution in [2.24, 2.45) is 0 Å². The Bertz CT molecular complexity index is 949. The van der Waals surface area contributed by atoms with Gasteiger partial charge >= 0.3 is 0 Å². The molecule has 0 saturated heterocycles. The average Bonchev–Trinajstić information content (AvgIpc) is 3.20. The van der Waals surface area contributed by atoms with Crippen LogP contribution in [0.15, 0.2) is 53.4 Å². The number of amides is 1. The summed E-state index contributed by atoms with van der Waals surface area (Å²) in [7, 11) is -3.71. The van der Waals surface area contributed by atoms with Gasteiger partial charge in [0.25, 0.3) is 15.9 Å². The molecule has 1 saturated carbocycles. The Hall–Kier alpha value is -2.34. The predicted octanol–water partition coefficient (Wildman–Crippen LogP) is 3.50. The molecule has 4 rings (SSSR count). The third-order valence-electron chi connectivity index (χ3n) is 5.44. The zero-order valence-electron chi connectivity index (χ0n) is 15.2. The molecule has 2 aromatic carbocycles. The maximum atomic E-state index is 13.3. The fourth-order valence-corrected chi connectivity index (χ4v) is 5.60. The average molecular weight is 385 g/mol. The quantitative estimate of drug-likeness (QED) is 0.877. The van der Waals surface area contributed by atoms with E-state index in [1.165, 1.54) is 10.4 Å². The van der Waals surface area contributed by atoms with Crippen LogP contribution in [0.3, 0.4) is 0 Å². The van der Waals surface area contributed by atoms with Crippen molar-refractivity contribution in [1.29, 1.82) is 0 Å². The van der Waals surface area contributed by atoms with E-state index in [-0.39, 0.29) is 16.8 Å². The topological polar surface area (TPSA) is 66.5 Å². The first-order valence-electron chi connectivity index (χ1n) is 9.57. The molecular formula is C21H24N2O3S. The number of anilines is 1. The first-order valence-corrected chi connectivity index (χ1v) is 11.0. The molecule has 27 heavy (non-hydrogen) atoms. The molecule has 0 spiro atoms. The number of para-hydroxylation sites is 1. The van der Waals surface area contributed by atoms with Gasteiger partial charge in [-0.15, -0.1) is 0 Å². The lowest BCUT2D eigenvalue weighted by Crippen LogP contribution is -2.36. The van der Waals surface area contributed by atoms with Crippen molar-refractivity contribution < 1.29 is 13.2 Å². The van der Waals surface area contributed by atoms with Crippen LogP contribution in [0.5, 0.6) is 0 Å². The summed E-state index contributed by atoms with van der Waals surface area (Å²) in [6, 6.07) is 14.2. The molecule has 0 bridgehead atoms. The second-order valence-electron chi connectivity index (χ2n) is 7.29. The first kappa shape index (κ1) is 18.0. The number of hydrogen-bond donors (Lipinski definition) is 1. The van der Waals surface area contributed by atoms with Gasteiger partial charge in [0, 0.05) is 18.2 Å². The SMILES string of the molecule is O=C(NC1CCCC1)c1cccc(S(=O)(=O)N2CCCc3ccccc32)c1. The number of nitrogens with one attached hydrogen (secondary N) is 1. The molecular weight excluding hydrogens is 360 g/mol. The van der Waals surface area contributed by atoms with Gasteiger partial charge in [-0.25, -0.2) is 8.42 Å². The molecule has 0 aromatic heterocycles. The van der Waals surface area contributed by atoms with Crippen molar-refractivity contribution in [1.82, 2.24) is 5.32 Å². The number of rotatable bonds is 4. The predicted molar refractivity (Wildman–Crippen MR) is 105 cm³/mol. The second-order valence-corrected chi connectivity index (χ2v) is 9.15. The summed E-state index contributed by atoms with van der Waals surface area (Å²) in [4.78, 5) is 12.7. The van der Waals surface area contributed by atoms with E-state index in [1.54, 1.807) is 18.2 Å². The van der Waals surface area contributed by atoms with E-state index in [0.29, 0.717) is 12.1 Å². The van der Waals surface area contributed by atoms with Crippen LogP contribution in [-0.2, 0) is 16.4 Å². The lowest BCUT2D eigenvalue weighted by molar-refractivity contribution is 0.0937. The second kappa shape index (κ2) is 7.35. The van der Waals surface area contributed by atoms with Crippen LogP contribution in [0.1, 0.15) is 48.0 Å². The maximum Gasteiger partial charge on any atom is 0.264 e. The number of sulfonamides is 1. The maximum absolute atomic E-state index is 13.3. The Morgan fingerprint density at radius 2 is 1.78 bits per heavy atom. The minimum absolute atomic E-state index is 0.165. The minimum atomic E-state index is -3.71. The summed E-state index contributed by atoms with van der Waals surface area (Å²) >= 11 is 0. The molecule has 0 atom stereocenters. The van der Waals surface area contributed by atoms with Gasteiger partial charge in [0.15, 0.2) is 0 Å². The lowest BCUT2D eigenvalue weighted by Gasteiger charge is -2.30. The van der Waals surface area contributed by atoms with Crippen LogP contribution in [-0.4, -0.2) is 26.9 Å². The standard InChI is InChI=1S/C21H24N2O3S/c24-21(22-18-10-2-3-11-18)17-8-5-12-19(15-17)27(25,26)23-14-6-9-16-7-1-4-13-20(16)23/h1,4-5,7-8,12-13,15,18H,2-3,6,9-11,14H2,(H,22,24). The van der Waals surface area contributed by atoms with Gasteiger partial charge in [-0.1, -0.05) is 37.1 Å². The van der Waals surface area contributed by atoms with Gasteiger partial charge in [-0.3, -0.25) is 9.10 Å².